The molecule has 0 spiro atoms. The molecule has 1 heterocycles. The van der Waals surface area contributed by atoms with Crippen LogP contribution in [0, 0.1) is 5.92 Å². The molecular weight excluding hydrogens is 214 g/mol. The van der Waals surface area contributed by atoms with Crippen molar-refractivity contribution in [1.29, 1.82) is 0 Å². The van der Waals surface area contributed by atoms with Gasteiger partial charge < -0.3 is 4.74 Å². The molecule has 2 unspecified atom stereocenters. The smallest absolute Gasteiger partial charge is 0.0594 e. The zero-order valence-electron chi connectivity index (χ0n) is 11.8. The lowest BCUT2D eigenvalue weighted by molar-refractivity contribution is -0.0349. The van der Waals surface area contributed by atoms with Gasteiger partial charge in [0.15, 0.2) is 0 Å². The van der Waals surface area contributed by atoms with Crippen LogP contribution in [0.1, 0.15) is 40.5 Å². The molecule has 0 saturated carbocycles. The highest BCUT2D eigenvalue weighted by Gasteiger charge is 2.38. The van der Waals surface area contributed by atoms with E-state index in [4.69, 9.17) is 10.6 Å². The molecule has 0 radical (unpaired) electrons. The molecule has 1 rings (SSSR count). The van der Waals surface area contributed by atoms with Gasteiger partial charge in [0.25, 0.3) is 0 Å². The van der Waals surface area contributed by atoms with Crippen LogP contribution in [0.2, 0.25) is 0 Å². The van der Waals surface area contributed by atoms with Gasteiger partial charge in [-0.2, -0.15) is 0 Å². The Hall–Kier alpha value is -0.160. The van der Waals surface area contributed by atoms with Crippen molar-refractivity contribution in [1.82, 2.24) is 10.3 Å². The normalized spacial score (nSPS) is 23.6. The summed E-state index contributed by atoms with van der Waals surface area (Å²) in [7, 11) is 0. The van der Waals surface area contributed by atoms with Gasteiger partial charge in [0, 0.05) is 24.7 Å². The number of hydrogen-bond acceptors (Lipinski definition) is 4. The van der Waals surface area contributed by atoms with Crippen LogP contribution in [0.4, 0.5) is 0 Å². The van der Waals surface area contributed by atoms with Gasteiger partial charge in [0.1, 0.15) is 0 Å². The van der Waals surface area contributed by atoms with E-state index in [1.54, 1.807) is 0 Å². The average Bonchev–Trinajstić information content (AvgIpc) is 2.35. The molecule has 1 fully saturated rings. The van der Waals surface area contributed by atoms with Crippen molar-refractivity contribution in [2.45, 2.75) is 52.1 Å². The minimum absolute atomic E-state index is 0.128. The molecule has 0 amide bonds. The second kappa shape index (κ2) is 6.69. The lowest BCUT2D eigenvalue weighted by Crippen LogP contribution is -2.63. The molecule has 1 aliphatic rings. The Bertz CT molecular complexity index is 217. The van der Waals surface area contributed by atoms with Crippen molar-refractivity contribution < 1.29 is 4.74 Å². The first-order chi connectivity index (χ1) is 8.04. The number of nitrogens with two attached hydrogens (primary N) is 1. The van der Waals surface area contributed by atoms with E-state index in [0.717, 1.165) is 39.1 Å². The van der Waals surface area contributed by atoms with E-state index >= 15 is 0 Å². The number of morpholine rings is 1. The highest BCUT2D eigenvalue weighted by molar-refractivity contribution is 4.96. The summed E-state index contributed by atoms with van der Waals surface area (Å²) in [4.78, 5) is 2.53. The maximum atomic E-state index is 5.78. The first-order valence-corrected chi connectivity index (χ1v) is 6.83. The van der Waals surface area contributed by atoms with E-state index in [2.05, 4.69) is 38.0 Å². The Morgan fingerprint density at radius 2 is 1.94 bits per heavy atom. The third-order valence-electron chi connectivity index (χ3n) is 4.11. The highest BCUT2D eigenvalue weighted by Crippen LogP contribution is 2.28. The Morgan fingerprint density at radius 1 is 1.35 bits per heavy atom. The van der Waals surface area contributed by atoms with E-state index in [1.165, 1.54) is 0 Å². The van der Waals surface area contributed by atoms with Gasteiger partial charge in [-0.15, -0.1) is 0 Å². The molecule has 3 N–H and O–H groups in total. The van der Waals surface area contributed by atoms with E-state index in [0.29, 0.717) is 12.0 Å². The van der Waals surface area contributed by atoms with Crippen molar-refractivity contribution in [2.24, 2.45) is 11.8 Å². The minimum Gasteiger partial charge on any atom is -0.379 e. The number of ether oxygens (including phenoxy) is 1. The monoisotopic (exact) mass is 243 g/mol. The van der Waals surface area contributed by atoms with Crippen molar-refractivity contribution in [3.8, 4) is 0 Å². The van der Waals surface area contributed by atoms with Crippen molar-refractivity contribution in [3.05, 3.63) is 0 Å². The molecule has 0 aromatic carbocycles. The van der Waals surface area contributed by atoms with Crippen LogP contribution in [0.15, 0.2) is 0 Å². The summed E-state index contributed by atoms with van der Waals surface area (Å²) in [6.45, 7) is 12.8. The number of nitrogens with one attached hydrogen (secondary N) is 1. The Labute approximate surface area is 106 Å². The topological polar surface area (TPSA) is 50.5 Å². The molecular formula is C13H29N3O. The minimum atomic E-state index is 0.128. The molecule has 1 aliphatic heterocycles. The average molecular weight is 243 g/mol. The molecule has 17 heavy (non-hydrogen) atoms. The van der Waals surface area contributed by atoms with Gasteiger partial charge in [0.2, 0.25) is 0 Å². The van der Waals surface area contributed by atoms with Gasteiger partial charge >= 0.3 is 0 Å². The summed E-state index contributed by atoms with van der Waals surface area (Å²) in [5.74, 6) is 6.44. The molecule has 0 aliphatic carbocycles. The fraction of sp³-hybridized carbons (Fsp3) is 1.00. The summed E-state index contributed by atoms with van der Waals surface area (Å²) < 4.78 is 5.44. The molecule has 0 bridgehead atoms. The Morgan fingerprint density at radius 3 is 2.35 bits per heavy atom. The first kappa shape index (κ1) is 14.9. The summed E-state index contributed by atoms with van der Waals surface area (Å²) in [6, 6.07) is 0.339. The molecule has 4 heteroatoms. The number of rotatable bonds is 6. The summed E-state index contributed by atoms with van der Waals surface area (Å²) in [6.07, 6.45) is 2.22. The van der Waals surface area contributed by atoms with Gasteiger partial charge in [-0.3, -0.25) is 16.2 Å². The zero-order valence-corrected chi connectivity index (χ0v) is 11.8. The van der Waals surface area contributed by atoms with Gasteiger partial charge in [0.05, 0.1) is 13.2 Å². The number of hydrazine groups is 1. The molecule has 2 atom stereocenters. The zero-order chi connectivity index (χ0) is 12.9. The molecule has 1 saturated heterocycles. The van der Waals surface area contributed by atoms with Crippen LogP contribution in [0.3, 0.4) is 0 Å². The fourth-order valence-electron chi connectivity index (χ4n) is 2.74. The van der Waals surface area contributed by atoms with Crippen molar-refractivity contribution in [3.63, 3.8) is 0 Å². The second-order valence-electron chi connectivity index (χ2n) is 5.66. The molecule has 102 valence electrons. The number of nitrogens with zero attached hydrogens (tertiary/aromatic N) is 1. The predicted molar refractivity (Wildman–Crippen MR) is 71.7 cm³/mol. The van der Waals surface area contributed by atoms with Crippen LogP contribution < -0.4 is 11.3 Å². The lowest BCUT2D eigenvalue weighted by Gasteiger charge is -2.48. The van der Waals surface area contributed by atoms with E-state index < -0.39 is 0 Å². The maximum Gasteiger partial charge on any atom is 0.0594 e. The third kappa shape index (κ3) is 3.65. The summed E-state index contributed by atoms with van der Waals surface area (Å²) >= 11 is 0. The Kier molecular flexibility index (Phi) is 5.86. The lowest BCUT2D eigenvalue weighted by atomic mass is 9.82. The fourth-order valence-corrected chi connectivity index (χ4v) is 2.74. The predicted octanol–water partition coefficient (Wildman–Crippen LogP) is 1.37. The SMILES string of the molecule is CCC(C)(C(CC(C)C)NN)N1CCOCC1. The summed E-state index contributed by atoms with van der Waals surface area (Å²) in [5, 5.41) is 0. The largest absolute Gasteiger partial charge is 0.379 e. The second-order valence-corrected chi connectivity index (χ2v) is 5.66. The molecule has 0 aromatic heterocycles. The van der Waals surface area contributed by atoms with Crippen molar-refractivity contribution in [2.75, 3.05) is 26.3 Å². The van der Waals surface area contributed by atoms with Crippen molar-refractivity contribution >= 4 is 0 Å². The van der Waals surface area contributed by atoms with Crippen LogP contribution >= 0.6 is 0 Å². The Balaban J connectivity index is 2.75. The first-order valence-electron chi connectivity index (χ1n) is 6.83. The maximum absolute atomic E-state index is 5.78. The van der Waals surface area contributed by atoms with E-state index in [9.17, 15) is 0 Å². The molecule has 4 nitrogen and oxygen atoms in total. The molecule has 0 aromatic rings. The summed E-state index contributed by atoms with van der Waals surface area (Å²) in [5.41, 5.74) is 3.17. The number of hydrogen-bond donors (Lipinski definition) is 2. The standard InChI is InChI=1S/C13H29N3O/c1-5-13(4,12(15-14)10-11(2)3)16-6-8-17-9-7-16/h11-12,15H,5-10,14H2,1-4H3. The van der Waals surface area contributed by atoms with Gasteiger partial charge in [-0.05, 0) is 25.7 Å². The van der Waals surface area contributed by atoms with Crippen LogP contribution in [-0.2, 0) is 4.74 Å². The third-order valence-corrected chi connectivity index (χ3v) is 4.11. The van der Waals surface area contributed by atoms with Crippen LogP contribution in [-0.4, -0.2) is 42.8 Å². The van der Waals surface area contributed by atoms with E-state index in [1.807, 2.05) is 0 Å². The van der Waals surface area contributed by atoms with Gasteiger partial charge in [-0.1, -0.05) is 20.8 Å². The van der Waals surface area contributed by atoms with Crippen LogP contribution in [0.5, 0.6) is 0 Å². The quantitative estimate of drug-likeness (QED) is 0.546. The van der Waals surface area contributed by atoms with Gasteiger partial charge in [-0.25, -0.2) is 0 Å². The van der Waals surface area contributed by atoms with E-state index in [-0.39, 0.29) is 5.54 Å². The van der Waals surface area contributed by atoms with Crippen LogP contribution in [0.25, 0.3) is 0 Å². The highest BCUT2D eigenvalue weighted by atomic mass is 16.5.